The van der Waals surface area contributed by atoms with E-state index < -0.39 is 24.7 Å². The van der Waals surface area contributed by atoms with E-state index in [1.54, 1.807) is 61.9 Å². The summed E-state index contributed by atoms with van der Waals surface area (Å²) in [6, 6.07) is 13.0. The summed E-state index contributed by atoms with van der Waals surface area (Å²) in [5.41, 5.74) is 0.196. The largest absolute Gasteiger partial charge is 0.421 e. The number of halogens is 3. The lowest BCUT2D eigenvalue weighted by atomic mass is 9.97. The number of rotatable bonds is 8. The minimum atomic E-state index is -4.71. The molecule has 8 nitrogen and oxygen atoms in total. The van der Waals surface area contributed by atoms with Gasteiger partial charge in [0.15, 0.2) is 0 Å². The Morgan fingerprint density at radius 3 is 2.36 bits per heavy atom. The van der Waals surface area contributed by atoms with Gasteiger partial charge in [-0.25, -0.2) is 4.98 Å². The van der Waals surface area contributed by atoms with Gasteiger partial charge in [-0.05, 0) is 88.6 Å². The molecule has 4 rings (SSSR count). The van der Waals surface area contributed by atoms with E-state index in [1.165, 1.54) is 0 Å². The summed E-state index contributed by atoms with van der Waals surface area (Å²) >= 11 is 0. The number of nitrogens with zero attached hydrogens (tertiary/aromatic N) is 3. The highest BCUT2D eigenvalue weighted by molar-refractivity contribution is 7.70. The summed E-state index contributed by atoms with van der Waals surface area (Å²) in [4.78, 5) is 22.8. The van der Waals surface area contributed by atoms with Crippen LogP contribution in [0.1, 0.15) is 28.8 Å². The maximum atomic E-state index is 13.7. The minimum Gasteiger partial charge on any atom is -0.352 e. The lowest BCUT2D eigenvalue weighted by Crippen LogP contribution is -2.36. The van der Waals surface area contributed by atoms with Crippen LogP contribution in [0.4, 0.5) is 36.3 Å². The molecule has 0 bridgehead atoms. The molecule has 0 unspecified atom stereocenters. The summed E-state index contributed by atoms with van der Waals surface area (Å²) in [6.07, 6.45) is -1.92. The maximum Gasteiger partial charge on any atom is 0.421 e. The van der Waals surface area contributed by atoms with Gasteiger partial charge in [0.2, 0.25) is 5.95 Å². The summed E-state index contributed by atoms with van der Waals surface area (Å²) in [7, 11) is -0.691. The smallest absolute Gasteiger partial charge is 0.352 e. The van der Waals surface area contributed by atoms with Crippen LogP contribution in [0.15, 0.2) is 54.7 Å². The summed E-state index contributed by atoms with van der Waals surface area (Å²) in [5, 5.41) is 8.99. The Morgan fingerprint density at radius 1 is 1.05 bits per heavy atom. The van der Waals surface area contributed by atoms with Crippen molar-refractivity contribution in [1.29, 1.82) is 0 Å². The molecular formula is C27H32F3N6O2P. The second-order valence-electron chi connectivity index (χ2n) is 10.1. The van der Waals surface area contributed by atoms with Gasteiger partial charge >= 0.3 is 6.18 Å². The molecule has 3 aromatic rings. The Kier molecular flexibility index (Phi) is 8.61. The fourth-order valence-corrected chi connectivity index (χ4v) is 5.52. The third kappa shape index (κ3) is 7.58. The number of likely N-dealkylation sites (tertiary alicyclic amines) is 1. The average Bonchev–Trinajstić information content (AvgIpc) is 2.88. The molecule has 2 heterocycles. The van der Waals surface area contributed by atoms with Crippen molar-refractivity contribution in [3.8, 4) is 0 Å². The number of alkyl halides is 3. The fraction of sp³-hybridized carbons (Fsp3) is 0.370. The average molecular weight is 561 g/mol. The van der Waals surface area contributed by atoms with Gasteiger partial charge in [-0.3, -0.25) is 4.79 Å². The number of benzene rings is 2. The number of anilines is 4. The van der Waals surface area contributed by atoms with Gasteiger partial charge in [-0.1, -0.05) is 12.1 Å². The van der Waals surface area contributed by atoms with E-state index in [0.717, 1.165) is 25.9 Å². The van der Waals surface area contributed by atoms with Crippen molar-refractivity contribution < 1.29 is 22.5 Å². The van der Waals surface area contributed by atoms with Crippen LogP contribution in [-0.4, -0.2) is 60.8 Å². The number of hydrogen-bond donors (Lipinski definition) is 3. The highest BCUT2D eigenvalue weighted by atomic mass is 31.2. The molecule has 0 atom stereocenters. The van der Waals surface area contributed by atoms with E-state index in [9.17, 15) is 22.5 Å². The van der Waals surface area contributed by atoms with Crippen LogP contribution in [0.2, 0.25) is 0 Å². The molecule has 1 saturated heterocycles. The van der Waals surface area contributed by atoms with Crippen molar-refractivity contribution in [3.05, 3.63) is 65.9 Å². The molecular weight excluding hydrogens is 528 g/mol. The number of amides is 1. The highest BCUT2D eigenvalue weighted by Crippen LogP contribution is 2.40. The van der Waals surface area contributed by atoms with Gasteiger partial charge in [-0.15, -0.1) is 0 Å². The number of nitrogens with one attached hydrogen (secondary N) is 3. The summed E-state index contributed by atoms with van der Waals surface area (Å²) < 4.78 is 53.9. The van der Waals surface area contributed by atoms with E-state index in [4.69, 9.17) is 0 Å². The third-order valence-electron chi connectivity index (χ3n) is 6.62. The Morgan fingerprint density at radius 2 is 1.72 bits per heavy atom. The van der Waals surface area contributed by atoms with Gasteiger partial charge < -0.3 is 25.4 Å². The summed E-state index contributed by atoms with van der Waals surface area (Å²) in [5.74, 6) is -0.260. The van der Waals surface area contributed by atoms with Crippen LogP contribution in [0.3, 0.4) is 0 Å². The zero-order valence-electron chi connectivity index (χ0n) is 22.0. The van der Waals surface area contributed by atoms with Crippen molar-refractivity contribution >= 4 is 41.5 Å². The first-order valence-corrected chi connectivity index (χ1v) is 15.2. The molecule has 0 aliphatic carbocycles. The standard InChI is InChI=1S/C27H32F3N6O2P/c1-36-14-12-18(13-15-36)16-31-25(37)19-8-10-20(11-9-19)33-26-32-17-21(27(28,29)30)24(35-26)34-22-6-4-5-7-23(22)39(2,3)38/h4-11,17-18H,12-16H2,1-3H3,(H,31,37)(H2,32,33,34,35). The Labute approximate surface area is 225 Å². The van der Waals surface area contributed by atoms with E-state index >= 15 is 0 Å². The van der Waals surface area contributed by atoms with Crippen molar-refractivity contribution in [1.82, 2.24) is 20.2 Å². The lowest BCUT2D eigenvalue weighted by Gasteiger charge is -2.28. The van der Waals surface area contributed by atoms with Crippen LogP contribution < -0.4 is 21.3 Å². The molecule has 39 heavy (non-hydrogen) atoms. The predicted octanol–water partition coefficient (Wildman–Crippen LogP) is 5.30. The zero-order chi connectivity index (χ0) is 28.2. The number of aromatic nitrogens is 2. The number of hydrogen-bond acceptors (Lipinski definition) is 7. The Hall–Kier alpha value is -3.43. The van der Waals surface area contributed by atoms with E-state index in [-0.39, 0.29) is 17.5 Å². The molecule has 0 radical (unpaired) electrons. The molecule has 1 aromatic heterocycles. The van der Waals surface area contributed by atoms with Crippen LogP contribution in [0.5, 0.6) is 0 Å². The van der Waals surface area contributed by atoms with Crippen molar-refractivity contribution in [2.75, 3.05) is 50.6 Å². The Bertz CT molecular complexity index is 1350. The first kappa shape index (κ1) is 28.6. The SMILES string of the molecule is CN1CCC(CNC(=O)c2ccc(Nc3ncc(C(F)(F)F)c(Nc4ccccc4P(C)(C)=O)n3)cc2)CC1. The Balaban J connectivity index is 1.48. The lowest BCUT2D eigenvalue weighted by molar-refractivity contribution is -0.137. The quantitative estimate of drug-likeness (QED) is 0.322. The molecule has 1 aliphatic heterocycles. The highest BCUT2D eigenvalue weighted by Gasteiger charge is 2.35. The molecule has 1 fully saturated rings. The topological polar surface area (TPSA) is 99.3 Å². The van der Waals surface area contributed by atoms with Crippen LogP contribution in [0, 0.1) is 5.92 Å². The van der Waals surface area contributed by atoms with Gasteiger partial charge in [0.25, 0.3) is 5.91 Å². The molecule has 2 aromatic carbocycles. The van der Waals surface area contributed by atoms with Crippen LogP contribution in [-0.2, 0) is 10.7 Å². The molecule has 3 N–H and O–H groups in total. The first-order valence-electron chi connectivity index (χ1n) is 12.6. The molecule has 12 heteroatoms. The number of piperidine rings is 1. The van der Waals surface area contributed by atoms with E-state index in [1.807, 2.05) is 0 Å². The van der Waals surface area contributed by atoms with Crippen molar-refractivity contribution in [3.63, 3.8) is 0 Å². The zero-order valence-corrected chi connectivity index (χ0v) is 22.9. The van der Waals surface area contributed by atoms with E-state index in [2.05, 4.69) is 37.9 Å². The normalized spacial score (nSPS) is 15.1. The molecule has 0 spiro atoms. The maximum absolute atomic E-state index is 13.7. The van der Waals surface area contributed by atoms with Gasteiger partial charge in [0, 0.05) is 29.3 Å². The van der Waals surface area contributed by atoms with Gasteiger partial charge in [0.1, 0.15) is 18.5 Å². The molecule has 1 amide bonds. The molecule has 0 saturated carbocycles. The summed E-state index contributed by atoms with van der Waals surface area (Å²) in [6.45, 7) is 5.76. The monoisotopic (exact) mass is 560 g/mol. The first-order chi connectivity index (χ1) is 18.4. The fourth-order valence-electron chi connectivity index (χ4n) is 4.36. The molecule has 208 valence electrons. The van der Waals surface area contributed by atoms with Crippen LogP contribution in [0.25, 0.3) is 0 Å². The predicted molar refractivity (Wildman–Crippen MR) is 148 cm³/mol. The number of carbonyl (C=O) groups is 1. The van der Waals surface area contributed by atoms with Crippen molar-refractivity contribution in [2.24, 2.45) is 5.92 Å². The second kappa shape index (κ2) is 11.8. The number of carbonyl (C=O) groups excluding carboxylic acids is 1. The third-order valence-corrected chi connectivity index (χ3v) is 8.17. The van der Waals surface area contributed by atoms with Crippen molar-refractivity contribution in [2.45, 2.75) is 19.0 Å². The van der Waals surface area contributed by atoms with Gasteiger partial charge in [-0.2, -0.15) is 18.2 Å². The molecule has 1 aliphatic rings. The van der Waals surface area contributed by atoms with Gasteiger partial charge in [0.05, 0.1) is 5.69 Å². The van der Waals surface area contributed by atoms with E-state index in [0.29, 0.717) is 35.2 Å². The number of para-hydroxylation sites is 1. The van der Waals surface area contributed by atoms with Crippen LogP contribution >= 0.6 is 7.14 Å². The minimum absolute atomic E-state index is 0.0707. The second-order valence-corrected chi connectivity index (χ2v) is 13.3.